The number of ether oxygens (including phenoxy) is 1. The van der Waals surface area contributed by atoms with Crippen LogP contribution in [0.4, 0.5) is 20.2 Å². The topological polar surface area (TPSA) is 61.7 Å². The summed E-state index contributed by atoms with van der Waals surface area (Å²) in [4.78, 5) is 8.89. The van der Waals surface area contributed by atoms with E-state index in [2.05, 4.69) is 16.6 Å². The van der Waals surface area contributed by atoms with E-state index in [4.69, 9.17) is 17.9 Å². The van der Waals surface area contributed by atoms with Crippen molar-refractivity contribution in [1.82, 2.24) is 4.90 Å². The number of fused-ring (bicyclic) bond motifs is 1. The number of halogens is 2. The van der Waals surface area contributed by atoms with Gasteiger partial charge in [0.15, 0.2) is 11.4 Å². The summed E-state index contributed by atoms with van der Waals surface area (Å²) in [6.45, 7) is 17.4. The molecule has 1 aliphatic heterocycles. The number of hydrogen-bond acceptors (Lipinski definition) is 4. The zero-order valence-corrected chi connectivity index (χ0v) is 27.1. The van der Waals surface area contributed by atoms with Crippen molar-refractivity contribution in [2.24, 2.45) is 0 Å². The molecule has 0 aliphatic carbocycles. The van der Waals surface area contributed by atoms with Crippen LogP contribution in [-0.4, -0.2) is 35.8 Å². The molecule has 0 saturated heterocycles. The predicted octanol–water partition coefficient (Wildman–Crippen LogP) is 8.79. The molecule has 8 heteroatoms. The van der Waals surface area contributed by atoms with Crippen molar-refractivity contribution in [3.05, 3.63) is 153 Å². The summed E-state index contributed by atoms with van der Waals surface area (Å²) in [5, 5.41) is 21.2. The van der Waals surface area contributed by atoms with Gasteiger partial charge in [-0.15, -0.1) is 0 Å². The lowest BCUT2D eigenvalue weighted by Crippen LogP contribution is -2.30. The van der Waals surface area contributed by atoms with Crippen LogP contribution in [0, 0.1) is 24.8 Å². The predicted molar refractivity (Wildman–Crippen MR) is 180 cm³/mol. The van der Waals surface area contributed by atoms with Gasteiger partial charge in [-0.2, -0.15) is 0 Å². The van der Waals surface area contributed by atoms with Crippen molar-refractivity contribution in [2.75, 3.05) is 20.6 Å². The maximum Gasteiger partial charge on any atom is 0.187 e. The molecule has 0 radical (unpaired) electrons. The summed E-state index contributed by atoms with van der Waals surface area (Å²) in [5.41, 5.74) is 3.94. The highest BCUT2D eigenvalue weighted by molar-refractivity contribution is 5.55. The zero-order valence-electron chi connectivity index (χ0n) is 27.1. The fraction of sp³-hybridized carbons (Fsp3) is 0.333. The summed E-state index contributed by atoms with van der Waals surface area (Å²) >= 11 is 0. The van der Waals surface area contributed by atoms with Crippen LogP contribution in [0.25, 0.3) is 9.69 Å². The minimum atomic E-state index is -1.36. The fourth-order valence-electron chi connectivity index (χ4n) is 6.17. The molecule has 5 rings (SSSR count). The van der Waals surface area contributed by atoms with Gasteiger partial charge in [0, 0.05) is 0 Å². The van der Waals surface area contributed by atoms with Crippen molar-refractivity contribution in [1.29, 1.82) is 0 Å². The fourth-order valence-corrected chi connectivity index (χ4v) is 6.17. The van der Waals surface area contributed by atoms with Crippen LogP contribution >= 0.6 is 0 Å². The summed E-state index contributed by atoms with van der Waals surface area (Å²) in [6, 6.07) is 23.0. The van der Waals surface area contributed by atoms with Crippen LogP contribution in [0.15, 0.2) is 84.9 Å². The van der Waals surface area contributed by atoms with Crippen LogP contribution in [-0.2, 0) is 29.2 Å². The smallest absolute Gasteiger partial charge is 0.187 e. The van der Waals surface area contributed by atoms with Crippen molar-refractivity contribution in [3.63, 3.8) is 0 Å². The van der Waals surface area contributed by atoms with Gasteiger partial charge in [0.05, 0.1) is 26.4 Å². The Labute approximate surface area is 276 Å². The highest BCUT2D eigenvalue weighted by atomic mass is 19.1. The maximum atomic E-state index is 13.3. The molecule has 47 heavy (non-hydrogen) atoms. The van der Waals surface area contributed by atoms with Crippen molar-refractivity contribution in [3.8, 4) is 0 Å². The minimum absolute atomic E-state index is 0.240. The number of aliphatic hydroxyl groups is 2. The maximum absolute atomic E-state index is 13.3. The Bertz CT molecular complexity index is 1730. The standard InChI is InChI=1S/C20H23FN2O2.C19H18FNO/c1-22-18-9-10-19(15(13-18)14-24)20(25,11-4-12-23(2)3)16-5-7-17(21)8-6-16;1-3-4-11-19(15-5-7-16(20)8-6-15)18-10-9-17(21-2)12-14(18)13-22-19/h5-10,13,24-25H,4,11-12,14H2,2-3H3;5-10,12H,3-4,11,13H2,1H3. The molecular formula is C39H41F2N3O3. The van der Waals surface area contributed by atoms with Crippen LogP contribution in [0.1, 0.15) is 72.4 Å². The molecule has 1 aliphatic rings. The van der Waals surface area contributed by atoms with Gasteiger partial charge in [-0.3, -0.25) is 0 Å². The number of hydrogen-bond donors (Lipinski definition) is 2. The second kappa shape index (κ2) is 15.9. The number of benzene rings is 4. The van der Waals surface area contributed by atoms with Crippen LogP contribution in [0.3, 0.4) is 0 Å². The van der Waals surface area contributed by atoms with E-state index in [1.165, 1.54) is 24.3 Å². The molecule has 4 aromatic rings. The first kappa shape index (κ1) is 35.4. The number of aliphatic hydroxyl groups excluding tert-OH is 1. The molecule has 0 fully saturated rings. The van der Waals surface area contributed by atoms with Gasteiger partial charge >= 0.3 is 0 Å². The van der Waals surface area contributed by atoms with Crippen LogP contribution in [0.5, 0.6) is 0 Å². The van der Waals surface area contributed by atoms with Gasteiger partial charge in [0.2, 0.25) is 0 Å². The highest BCUT2D eigenvalue weighted by Crippen LogP contribution is 2.46. The number of nitrogens with zero attached hydrogens (tertiary/aromatic N) is 3. The molecule has 0 spiro atoms. The van der Waals surface area contributed by atoms with Gasteiger partial charge in [-0.25, -0.2) is 18.5 Å². The highest BCUT2D eigenvalue weighted by Gasteiger charge is 2.41. The molecule has 6 nitrogen and oxygen atoms in total. The Morgan fingerprint density at radius 3 is 2.09 bits per heavy atom. The Morgan fingerprint density at radius 2 is 1.49 bits per heavy atom. The van der Waals surface area contributed by atoms with E-state index in [1.807, 2.05) is 49.3 Å². The molecule has 2 atom stereocenters. The average molecular weight is 638 g/mol. The lowest BCUT2D eigenvalue weighted by molar-refractivity contribution is -0.0131. The van der Waals surface area contributed by atoms with E-state index in [0.29, 0.717) is 41.1 Å². The first-order valence-electron chi connectivity index (χ1n) is 15.8. The zero-order chi connectivity index (χ0) is 34.0. The number of unbranched alkanes of at least 4 members (excludes halogenated alkanes) is 1. The van der Waals surface area contributed by atoms with E-state index >= 15 is 0 Å². The average Bonchev–Trinajstić information content (AvgIpc) is 3.46. The van der Waals surface area contributed by atoms with E-state index in [-0.39, 0.29) is 18.2 Å². The first-order valence-corrected chi connectivity index (χ1v) is 15.8. The quantitative estimate of drug-likeness (QED) is 0.162. The lowest BCUT2D eigenvalue weighted by atomic mass is 9.80. The third-order valence-corrected chi connectivity index (χ3v) is 8.62. The molecule has 0 aromatic heterocycles. The SMILES string of the molecule is [C-]#[N+]c1ccc(C(O)(CCCN(C)C)c2ccc(F)cc2)c(CO)c1.[C-]#[N+]c1ccc2c(c1)COC2(CCCC)c1ccc(F)cc1. The summed E-state index contributed by atoms with van der Waals surface area (Å²) < 4.78 is 32.8. The van der Waals surface area contributed by atoms with Gasteiger partial charge in [0.25, 0.3) is 0 Å². The van der Waals surface area contributed by atoms with Crippen molar-refractivity contribution in [2.45, 2.75) is 63.4 Å². The molecule has 0 saturated carbocycles. The van der Waals surface area contributed by atoms with Gasteiger partial charge in [-0.1, -0.05) is 80.4 Å². The number of rotatable bonds is 11. The summed E-state index contributed by atoms with van der Waals surface area (Å²) in [6.07, 6.45) is 4.10. The molecule has 0 amide bonds. The Morgan fingerprint density at radius 1 is 0.872 bits per heavy atom. The molecule has 1 heterocycles. The molecule has 2 N–H and O–H groups in total. The minimum Gasteiger partial charge on any atom is -0.392 e. The second-order valence-electron chi connectivity index (χ2n) is 12.1. The largest absolute Gasteiger partial charge is 0.392 e. The van der Waals surface area contributed by atoms with Gasteiger partial charge < -0.3 is 19.8 Å². The second-order valence-corrected chi connectivity index (χ2v) is 12.1. The molecular weight excluding hydrogens is 596 g/mol. The lowest BCUT2D eigenvalue weighted by Gasteiger charge is -2.32. The van der Waals surface area contributed by atoms with E-state index in [0.717, 1.165) is 48.9 Å². The third-order valence-electron chi connectivity index (χ3n) is 8.62. The van der Waals surface area contributed by atoms with Crippen molar-refractivity contribution >= 4 is 11.4 Å². The molecule has 4 aromatic carbocycles. The monoisotopic (exact) mass is 637 g/mol. The van der Waals surface area contributed by atoms with Crippen LogP contribution in [0.2, 0.25) is 0 Å². The normalized spacial score (nSPS) is 16.4. The van der Waals surface area contributed by atoms with Gasteiger partial charge in [0.1, 0.15) is 22.8 Å². The van der Waals surface area contributed by atoms with Crippen LogP contribution < -0.4 is 0 Å². The third kappa shape index (κ3) is 8.11. The van der Waals surface area contributed by atoms with E-state index in [9.17, 15) is 19.0 Å². The summed E-state index contributed by atoms with van der Waals surface area (Å²) in [5.74, 6) is -0.610. The Balaban J connectivity index is 0.000000214. The molecule has 0 bridgehead atoms. The molecule has 244 valence electrons. The van der Waals surface area contributed by atoms with Gasteiger partial charge in [-0.05, 0) is 97.5 Å². The van der Waals surface area contributed by atoms with Crippen molar-refractivity contribution < 1.29 is 23.7 Å². The van der Waals surface area contributed by atoms with E-state index < -0.39 is 11.2 Å². The van der Waals surface area contributed by atoms with E-state index in [1.54, 1.807) is 30.3 Å². The first-order chi connectivity index (χ1) is 22.6. The summed E-state index contributed by atoms with van der Waals surface area (Å²) in [7, 11) is 3.92. The molecule has 2 unspecified atom stereocenters. The Kier molecular flexibility index (Phi) is 12.0. The Hall–Kier alpha value is -4.44.